The van der Waals surface area contributed by atoms with Crippen molar-refractivity contribution in [2.75, 3.05) is 26.8 Å². The SMILES string of the molecule is COc1cc(F)c2nccc([C@H](CO)N3CCC(N)C(F)C3)c2c1. The summed E-state index contributed by atoms with van der Waals surface area (Å²) in [4.78, 5) is 5.93. The molecule has 1 fully saturated rings. The van der Waals surface area contributed by atoms with Gasteiger partial charge < -0.3 is 15.6 Å². The first-order valence-electron chi connectivity index (χ1n) is 7.92. The number of likely N-dealkylation sites (tertiary alicyclic amines) is 1. The lowest BCUT2D eigenvalue weighted by molar-refractivity contribution is 0.0558. The van der Waals surface area contributed by atoms with Gasteiger partial charge >= 0.3 is 0 Å². The van der Waals surface area contributed by atoms with E-state index in [9.17, 15) is 13.9 Å². The Kier molecular flexibility index (Phi) is 4.93. The number of alkyl halides is 1. The Bertz CT molecular complexity index is 728. The van der Waals surface area contributed by atoms with E-state index in [1.807, 2.05) is 4.90 Å². The summed E-state index contributed by atoms with van der Waals surface area (Å²) in [6, 6.07) is 3.75. The van der Waals surface area contributed by atoms with Crippen LogP contribution in [0, 0.1) is 5.82 Å². The van der Waals surface area contributed by atoms with Crippen molar-refractivity contribution in [2.24, 2.45) is 5.73 Å². The Hall–Kier alpha value is -1.83. The zero-order valence-corrected chi connectivity index (χ0v) is 13.5. The number of nitrogens with two attached hydrogens (primary N) is 1. The molecule has 1 saturated heterocycles. The van der Waals surface area contributed by atoms with Crippen molar-refractivity contribution >= 4 is 10.9 Å². The van der Waals surface area contributed by atoms with Crippen molar-refractivity contribution in [3.05, 3.63) is 35.8 Å². The number of pyridine rings is 1. The monoisotopic (exact) mass is 337 g/mol. The van der Waals surface area contributed by atoms with Gasteiger partial charge in [0.25, 0.3) is 0 Å². The number of nitrogens with zero attached hydrogens (tertiary/aromatic N) is 2. The smallest absolute Gasteiger partial charge is 0.153 e. The Morgan fingerprint density at radius 1 is 1.50 bits per heavy atom. The van der Waals surface area contributed by atoms with Crippen LogP contribution in [0.4, 0.5) is 8.78 Å². The second-order valence-corrected chi connectivity index (χ2v) is 6.07. The number of ether oxygens (including phenoxy) is 1. The van der Waals surface area contributed by atoms with Gasteiger partial charge in [-0.05, 0) is 24.1 Å². The number of fused-ring (bicyclic) bond motifs is 1. The number of aliphatic hydroxyl groups is 1. The summed E-state index contributed by atoms with van der Waals surface area (Å²) in [5.74, 6) is -0.123. The quantitative estimate of drug-likeness (QED) is 0.890. The average molecular weight is 337 g/mol. The summed E-state index contributed by atoms with van der Waals surface area (Å²) in [6.45, 7) is 0.506. The highest BCUT2D eigenvalue weighted by atomic mass is 19.1. The second kappa shape index (κ2) is 6.96. The molecule has 1 aromatic carbocycles. The topological polar surface area (TPSA) is 71.6 Å². The first-order valence-corrected chi connectivity index (χ1v) is 7.92. The van der Waals surface area contributed by atoms with E-state index in [4.69, 9.17) is 10.5 Å². The highest BCUT2D eigenvalue weighted by Crippen LogP contribution is 2.32. The van der Waals surface area contributed by atoms with Crippen LogP contribution in [0.25, 0.3) is 10.9 Å². The molecule has 1 aliphatic rings. The van der Waals surface area contributed by atoms with Crippen LogP contribution in [-0.2, 0) is 0 Å². The van der Waals surface area contributed by atoms with E-state index in [2.05, 4.69) is 4.98 Å². The van der Waals surface area contributed by atoms with E-state index in [1.165, 1.54) is 19.4 Å². The third kappa shape index (κ3) is 3.07. The van der Waals surface area contributed by atoms with E-state index in [0.717, 1.165) is 0 Å². The molecule has 0 bridgehead atoms. The summed E-state index contributed by atoms with van der Waals surface area (Å²) in [6.07, 6.45) is 0.865. The molecule has 3 atom stereocenters. The molecule has 0 saturated carbocycles. The van der Waals surface area contributed by atoms with Crippen LogP contribution in [0.15, 0.2) is 24.4 Å². The number of piperidine rings is 1. The molecule has 0 spiro atoms. The van der Waals surface area contributed by atoms with Crippen LogP contribution < -0.4 is 10.5 Å². The first kappa shape index (κ1) is 17.0. The fourth-order valence-electron chi connectivity index (χ4n) is 3.26. The first-order chi connectivity index (χ1) is 11.5. The van der Waals surface area contributed by atoms with Gasteiger partial charge in [0.15, 0.2) is 5.82 Å². The minimum absolute atomic E-state index is 0.142. The fourth-order valence-corrected chi connectivity index (χ4v) is 3.26. The fraction of sp³-hybridized carbons (Fsp3) is 0.471. The summed E-state index contributed by atoms with van der Waals surface area (Å²) >= 11 is 0. The van der Waals surface area contributed by atoms with Crippen LogP contribution in [0.2, 0.25) is 0 Å². The van der Waals surface area contributed by atoms with Gasteiger partial charge in [0, 0.05) is 36.8 Å². The van der Waals surface area contributed by atoms with Crippen molar-refractivity contribution in [3.8, 4) is 5.75 Å². The molecule has 3 N–H and O–H groups in total. The number of benzene rings is 1. The van der Waals surface area contributed by atoms with E-state index in [1.54, 1.807) is 12.1 Å². The van der Waals surface area contributed by atoms with Gasteiger partial charge in [-0.3, -0.25) is 9.88 Å². The van der Waals surface area contributed by atoms with Gasteiger partial charge in [0.2, 0.25) is 0 Å². The maximum Gasteiger partial charge on any atom is 0.153 e. The van der Waals surface area contributed by atoms with Gasteiger partial charge in [-0.15, -0.1) is 0 Å². The van der Waals surface area contributed by atoms with E-state index in [0.29, 0.717) is 29.7 Å². The predicted octanol–water partition coefficient (Wildman–Crippen LogP) is 1.79. The molecule has 1 aliphatic heterocycles. The number of hydrogen-bond donors (Lipinski definition) is 2. The lowest BCUT2D eigenvalue weighted by atomic mass is 9.96. The van der Waals surface area contributed by atoms with Crippen LogP contribution in [0.1, 0.15) is 18.0 Å². The van der Waals surface area contributed by atoms with Crippen LogP contribution in [0.3, 0.4) is 0 Å². The molecular formula is C17H21F2N3O2. The molecule has 24 heavy (non-hydrogen) atoms. The largest absolute Gasteiger partial charge is 0.497 e. The Balaban J connectivity index is 2.04. The highest BCUT2D eigenvalue weighted by Gasteiger charge is 2.31. The van der Waals surface area contributed by atoms with Gasteiger partial charge in [-0.2, -0.15) is 0 Å². The zero-order valence-electron chi connectivity index (χ0n) is 13.5. The van der Waals surface area contributed by atoms with E-state index < -0.39 is 24.1 Å². The number of rotatable bonds is 4. The molecular weight excluding hydrogens is 316 g/mol. The number of halogens is 2. The van der Waals surface area contributed by atoms with Gasteiger partial charge in [-0.1, -0.05) is 0 Å². The highest BCUT2D eigenvalue weighted by molar-refractivity contribution is 5.84. The molecule has 7 heteroatoms. The normalized spacial score (nSPS) is 23.4. The van der Waals surface area contributed by atoms with Gasteiger partial charge in [-0.25, -0.2) is 8.78 Å². The summed E-state index contributed by atoms with van der Waals surface area (Å²) < 4.78 is 33.4. The third-order valence-corrected chi connectivity index (χ3v) is 4.64. The zero-order chi connectivity index (χ0) is 17.3. The maximum absolute atomic E-state index is 14.2. The van der Waals surface area contributed by atoms with Gasteiger partial charge in [0.1, 0.15) is 17.4 Å². The molecule has 0 radical (unpaired) electrons. The van der Waals surface area contributed by atoms with E-state index in [-0.39, 0.29) is 18.7 Å². The van der Waals surface area contributed by atoms with Crippen molar-refractivity contribution in [1.82, 2.24) is 9.88 Å². The standard InChI is InChI=1S/C17H21F2N3O2/c1-24-10-6-12-11(2-4-21-17(12)13(18)7-10)16(9-23)22-5-3-15(20)14(19)8-22/h2,4,6-7,14-16,23H,3,5,8-9,20H2,1H3/t14?,15?,16-/m0/s1. The van der Waals surface area contributed by atoms with Crippen molar-refractivity contribution in [1.29, 1.82) is 0 Å². The molecule has 130 valence electrons. The van der Waals surface area contributed by atoms with Crippen LogP contribution in [0.5, 0.6) is 5.75 Å². The Morgan fingerprint density at radius 3 is 2.96 bits per heavy atom. The second-order valence-electron chi connectivity index (χ2n) is 6.07. The molecule has 5 nitrogen and oxygen atoms in total. The molecule has 2 heterocycles. The van der Waals surface area contributed by atoms with Crippen LogP contribution in [-0.4, -0.2) is 54.0 Å². The molecule has 1 aromatic heterocycles. The predicted molar refractivity (Wildman–Crippen MR) is 87.1 cm³/mol. The molecule has 0 amide bonds. The Labute approximate surface area is 139 Å². The van der Waals surface area contributed by atoms with Crippen molar-refractivity contribution in [3.63, 3.8) is 0 Å². The lowest BCUT2D eigenvalue weighted by Gasteiger charge is -2.38. The maximum atomic E-state index is 14.2. The minimum Gasteiger partial charge on any atom is -0.497 e. The molecule has 2 unspecified atom stereocenters. The minimum atomic E-state index is -1.15. The van der Waals surface area contributed by atoms with Gasteiger partial charge in [0.05, 0.1) is 19.8 Å². The number of aliphatic hydroxyl groups excluding tert-OH is 1. The molecule has 2 aromatic rings. The number of methoxy groups -OCH3 is 1. The molecule has 0 aliphatic carbocycles. The lowest BCUT2D eigenvalue weighted by Crippen LogP contribution is -2.50. The number of aromatic nitrogens is 1. The summed E-state index contributed by atoms with van der Waals surface area (Å²) in [5.41, 5.74) is 6.63. The summed E-state index contributed by atoms with van der Waals surface area (Å²) in [7, 11) is 1.46. The Morgan fingerprint density at radius 2 is 2.29 bits per heavy atom. The summed E-state index contributed by atoms with van der Waals surface area (Å²) in [5, 5.41) is 10.5. The number of hydrogen-bond acceptors (Lipinski definition) is 5. The molecule has 3 rings (SSSR count). The van der Waals surface area contributed by atoms with Crippen molar-refractivity contribution < 1.29 is 18.6 Å². The average Bonchev–Trinajstić information content (AvgIpc) is 2.59. The third-order valence-electron chi connectivity index (χ3n) is 4.64. The van der Waals surface area contributed by atoms with Crippen LogP contribution >= 0.6 is 0 Å². The van der Waals surface area contributed by atoms with E-state index >= 15 is 0 Å². The van der Waals surface area contributed by atoms with Crippen molar-refractivity contribution in [2.45, 2.75) is 24.7 Å².